The van der Waals surface area contributed by atoms with Gasteiger partial charge < -0.3 is 11.1 Å². The Labute approximate surface area is 179 Å². The topological polar surface area (TPSA) is 63.8 Å². The predicted molar refractivity (Wildman–Crippen MR) is 127 cm³/mol. The molecule has 0 radical (unpaired) electrons. The average molecular weight is 411 g/mol. The first-order chi connectivity index (χ1) is 14.7. The number of thiazole rings is 1. The van der Waals surface area contributed by atoms with Crippen LogP contribution in [0.2, 0.25) is 0 Å². The van der Waals surface area contributed by atoms with Crippen molar-refractivity contribution in [3.05, 3.63) is 90.9 Å². The lowest BCUT2D eigenvalue weighted by Gasteiger charge is -2.13. The maximum absolute atomic E-state index is 6.39. The van der Waals surface area contributed by atoms with Crippen LogP contribution in [0.1, 0.15) is 5.56 Å². The van der Waals surface area contributed by atoms with Gasteiger partial charge in [-0.3, -0.25) is 4.98 Å². The highest BCUT2D eigenvalue weighted by Gasteiger charge is 2.09. The monoisotopic (exact) mass is 410 g/mol. The van der Waals surface area contributed by atoms with Gasteiger partial charge in [0.05, 0.1) is 4.88 Å². The van der Waals surface area contributed by atoms with Crippen LogP contribution in [0.15, 0.2) is 85.3 Å². The molecular formula is C25H22N4S. The average Bonchev–Trinajstić information content (AvgIpc) is 3.26. The number of anilines is 1. The van der Waals surface area contributed by atoms with Crippen LogP contribution < -0.4 is 11.1 Å². The number of pyridine rings is 1. The summed E-state index contributed by atoms with van der Waals surface area (Å²) in [6, 6.07) is 23.4. The standard InChI is InChI=1S/C25H22N4S/c26-23(12-17-5-6-18-3-1-2-4-19(18)11-17)15-28-25-29-16-24(30-25)21-7-8-22-14-27-10-9-20(22)13-21/h1-11,13-14,16,23H,12,15,26H2,(H,28,29)/t23-/m1/s1. The summed E-state index contributed by atoms with van der Waals surface area (Å²) >= 11 is 1.65. The van der Waals surface area contributed by atoms with Gasteiger partial charge in [0.25, 0.3) is 0 Å². The first-order valence-electron chi connectivity index (χ1n) is 10.0. The van der Waals surface area contributed by atoms with E-state index in [-0.39, 0.29) is 6.04 Å². The lowest BCUT2D eigenvalue weighted by Crippen LogP contribution is -2.31. The van der Waals surface area contributed by atoms with E-state index < -0.39 is 0 Å². The zero-order chi connectivity index (χ0) is 20.3. The molecule has 3 aromatic carbocycles. The number of aromatic nitrogens is 2. The number of hydrogen-bond acceptors (Lipinski definition) is 5. The van der Waals surface area contributed by atoms with Crippen molar-refractivity contribution in [1.29, 1.82) is 0 Å². The number of hydrogen-bond donors (Lipinski definition) is 2. The van der Waals surface area contributed by atoms with E-state index in [2.05, 4.69) is 75.9 Å². The highest BCUT2D eigenvalue weighted by Crippen LogP contribution is 2.31. The summed E-state index contributed by atoms with van der Waals surface area (Å²) in [4.78, 5) is 9.84. The molecular weight excluding hydrogens is 388 g/mol. The van der Waals surface area contributed by atoms with E-state index in [4.69, 9.17) is 5.73 Å². The van der Waals surface area contributed by atoms with Crippen LogP contribution in [0, 0.1) is 0 Å². The van der Waals surface area contributed by atoms with Crippen LogP contribution in [0.3, 0.4) is 0 Å². The molecule has 0 aliphatic heterocycles. The van der Waals surface area contributed by atoms with E-state index >= 15 is 0 Å². The molecule has 0 saturated heterocycles. The Kier molecular flexibility index (Phi) is 5.13. The van der Waals surface area contributed by atoms with Crippen molar-refractivity contribution in [3.8, 4) is 10.4 Å². The Balaban J connectivity index is 1.23. The van der Waals surface area contributed by atoms with Gasteiger partial charge in [-0.1, -0.05) is 65.9 Å². The normalized spacial score (nSPS) is 12.3. The molecule has 4 nitrogen and oxygen atoms in total. The van der Waals surface area contributed by atoms with Gasteiger partial charge in [0.2, 0.25) is 0 Å². The van der Waals surface area contributed by atoms with Crippen molar-refractivity contribution in [3.63, 3.8) is 0 Å². The van der Waals surface area contributed by atoms with Gasteiger partial charge in [-0.2, -0.15) is 0 Å². The van der Waals surface area contributed by atoms with Gasteiger partial charge in [0.1, 0.15) is 0 Å². The summed E-state index contributed by atoms with van der Waals surface area (Å²) in [7, 11) is 0. The molecule has 0 bridgehead atoms. The van der Waals surface area contributed by atoms with Crippen LogP contribution in [0.4, 0.5) is 5.13 Å². The summed E-state index contributed by atoms with van der Waals surface area (Å²) in [5.74, 6) is 0. The lowest BCUT2D eigenvalue weighted by atomic mass is 10.0. The highest BCUT2D eigenvalue weighted by molar-refractivity contribution is 7.18. The van der Waals surface area contributed by atoms with E-state index in [9.17, 15) is 0 Å². The minimum Gasteiger partial charge on any atom is -0.360 e. The zero-order valence-electron chi connectivity index (χ0n) is 16.5. The smallest absolute Gasteiger partial charge is 0.183 e. The third-order valence-corrected chi connectivity index (χ3v) is 6.26. The zero-order valence-corrected chi connectivity index (χ0v) is 17.3. The summed E-state index contributed by atoms with van der Waals surface area (Å²) in [5.41, 5.74) is 8.81. The van der Waals surface area contributed by atoms with Crippen molar-refractivity contribution in [1.82, 2.24) is 9.97 Å². The van der Waals surface area contributed by atoms with Crippen LogP contribution in [-0.4, -0.2) is 22.6 Å². The van der Waals surface area contributed by atoms with Gasteiger partial charge in [0.15, 0.2) is 5.13 Å². The molecule has 0 unspecified atom stereocenters. The number of nitrogens with one attached hydrogen (secondary N) is 1. The second-order valence-electron chi connectivity index (χ2n) is 7.49. The molecule has 0 fully saturated rings. The van der Waals surface area contributed by atoms with Gasteiger partial charge >= 0.3 is 0 Å². The van der Waals surface area contributed by atoms with Crippen LogP contribution in [0.25, 0.3) is 32.0 Å². The van der Waals surface area contributed by atoms with Crippen molar-refractivity contribution in [2.45, 2.75) is 12.5 Å². The Morgan fingerprint density at radius 3 is 2.63 bits per heavy atom. The van der Waals surface area contributed by atoms with Gasteiger partial charge in [-0.25, -0.2) is 4.98 Å². The van der Waals surface area contributed by atoms with Crippen molar-refractivity contribution < 1.29 is 0 Å². The second-order valence-corrected chi connectivity index (χ2v) is 8.52. The van der Waals surface area contributed by atoms with E-state index in [0.29, 0.717) is 6.54 Å². The van der Waals surface area contributed by atoms with Crippen LogP contribution in [0.5, 0.6) is 0 Å². The quantitative estimate of drug-likeness (QED) is 0.388. The first-order valence-corrected chi connectivity index (χ1v) is 10.8. The molecule has 30 heavy (non-hydrogen) atoms. The van der Waals surface area contributed by atoms with E-state index in [1.54, 1.807) is 11.3 Å². The van der Waals surface area contributed by atoms with Crippen molar-refractivity contribution >= 4 is 38.0 Å². The van der Waals surface area contributed by atoms with Crippen LogP contribution in [-0.2, 0) is 6.42 Å². The summed E-state index contributed by atoms with van der Waals surface area (Å²) < 4.78 is 0. The Bertz CT molecular complexity index is 1310. The number of benzene rings is 3. The van der Waals surface area contributed by atoms with Gasteiger partial charge in [-0.15, -0.1) is 0 Å². The fourth-order valence-electron chi connectivity index (χ4n) is 3.68. The predicted octanol–water partition coefficient (Wildman–Crippen LogP) is 5.49. The molecule has 2 aromatic heterocycles. The number of nitrogens with zero attached hydrogens (tertiary/aromatic N) is 2. The summed E-state index contributed by atoms with van der Waals surface area (Å²) in [6.45, 7) is 0.684. The molecule has 5 aromatic rings. The molecule has 5 heteroatoms. The number of nitrogens with two attached hydrogens (primary N) is 1. The first kappa shape index (κ1) is 18.7. The number of rotatable bonds is 6. The maximum Gasteiger partial charge on any atom is 0.183 e. The molecule has 0 spiro atoms. The molecule has 5 rings (SSSR count). The third-order valence-electron chi connectivity index (χ3n) is 5.26. The van der Waals surface area contributed by atoms with Crippen LogP contribution >= 0.6 is 11.3 Å². The largest absolute Gasteiger partial charge is 0.360 e. The Morgan fingerprint density at radius 2 is 1.70 bits per heavy atom. The molecule has 0 amide bonds. The highest BCUT2D eigenvalue weighted by atomic mass is 32.1. The SMILES string of the molecule is N[C@@H](CNc1ncc(-c2ccc3cnccc3c2)s1)Cc1ccc2ccccc2c1. The van der Waals surface area contributed by atoms with Gasteiger partial charge in [0, 0.05) is 36.6 Å². The van der Waals surface area contributed by atoms with E-state index in [1.165, 1.54) is 27.3 Å². The maximum atomic E-state index is 6.39. The number of fused-ring (bicyclic) bond motifs is 2. The molecule has 3 N–H and O–H groups in total. The Morgan fingerprint density at radius 1 is 0.867 bits per heavy atom. The molecule has 0 aliphatic carbocycles. The minimum atomic E-state index is 0.0201. The fourth-order valence-corrected chi connectivity index (χ4v) is 4.50. The summed E-state index contributed by atoms with van der Waals surface area (Å²) in [5, 5.41) is 9.14. The molecule has 0 aliphatic rings. The molecule has 0 saturated carbocycles. The lowest BCUT2D eigenvalue weighted by molar-refractivity contribution is 0.699. The third kappa shape index (κ3) is 4.03. The van der Waals surface area contributed by atoms with Gasteiger partial charge in [-0.05, 0) is 45.8 Å². The minimum absolute atomic E-state index is 0.0201. The van der Waals surface area contributed by atoms with Crippen molar-refractivity contribution in [2.75, 3.05) is 11.9 Å². The van der Waals surface area contributed by atoms with E-state index in [1.807, 2.05) is 24.7 Å². The molecule has 1 atom stereocenters. The second kappa shape index (κ2) is 8.22. The molecule has 148 valence electrons. The Hall–Kier alpha value is -3.28. The van der Waals surface area contributed by atoms with E-state index in [0.717, 1.165) is 21.8 Å². The fraction of sp³-hybridized carbons (Fsp3) is 0.120. The summed E-state index contributed by atoms with van der Waals surface area (Å²) in [6.07, 6.45) is 6.46. The molecule has 2 heterocycles. The van der Waals surface area contributed by atoms with Crippen molar-refractivity contribution in [2.24, 2.45) is 5.73 Å².